The number of amides is 4. The summed E-state index contributed by atoms with van der Waals surface area (Å²) in [5.74, 6) is -1.95. The van der Waals surface area contributed by atoms with E-state index in [9.17, 15) is 19.2 Å². The highest BCUT2D eigenvalue weighted by Gasteiger charge is 2.44. The second kappa shape index (κ2) is 7.44. The number of benzene rings is 1. The van der Waals surface area contributed by atoms with Gasteiger partial charge in [-0.2, -0.15) is 0 Å². The van der Waals surface area contributed by atoms with Crippen molar-refractivity contribution in [2.45, 2.75) is 43.8 Å². The van der Waals surface area contributed by atoms with Crippen LogP contribution in [0, 0.1) is 0 Å². The van der Waals surface area contributed by atoms with Gasteiger partial charge < -0.3 is 10.2 Å². The Labute approximate surface area is 168 Å². The second-order valence-corrected chi connectivity index (χ2v) is 7.69. The van der Waals surface area contributed by atoms with E-state index in [2.05, 4.69) is 27.7 Å². The number of piperidine rings is 1. The van der Waals surface area contributed by atoms with Gasteiger partial charge in [-0.1, -0.05) is 12.2 Å². The summed E-state index contributed by atoms with van der Waals surface area (Å²) < 4.78 is 0. The fraction of sp³-hybridized carbons (Fsp3) is 0.429. The summed E-state index contributed by atoms with van der Waals surface area (Å²) in [5, 5.41) is 5.55. The number of carbonyl (C=O) groups excluding carboxylic acids is 4. The lowest BCUT2D eigenvalue weighted by Gasteiger charge is -2.37. The Hall–Kier alpha value is -3.00. The van der Waals surface area contributed by atoms with Gasteiger partial charge in [0.25, 0.3) is 11.8 Å². The third kappa shape index (κ3) is 3.23. The maximum Gasteiger partial charge on any atom is 0.262 e. The van der Waals surface area contributed by atoms with E-state index in [-0.39, 0.29) is 30.8 Å². The molecule has 1 unspecified atom stereocenters. The van der Waals surface area contributed by atoms with E-state index < -0.39 is 23.8 Å². The van der Waals surface area contributed by atoms with Crippen molar-refractivity contribution in [3.05, 3.63) is 41.5 Å². The van der Waals surface area contributed by atoms with Crippen molar-refractivity contribution in [3.8, 4) is 0 Å². The van der Waals surface area contributed by atoms with Crippen LogP contribution in [0.5, 0.6) is 0 Å². The number of hydrogen-bond donors (Lipinski definition) is 2. The van der Waals surface area contributed by atoms with Crippen molar-refractivity contribution in [1.82, 2.24) is 15.5 Å². The van der Waals surface area contributed by atoms with E-state index in [1.165, 1.54) is 0 Å². The van der Waals surface area contributed by atoms with Crippen LogP contribution in [-0.2, 0) is 9.59 Å². The van der Waals surface area contributed by atoms with Gasteiger partial charge >= 0.3 is 0 Å². The molecule has 8 heteroatoms. The molecule has 4 rings (SSSR count). The Balaban J connectivity index is 1.61. The quantitative estimate of drug-likeness (QED) is 0.578. The number of anilines is 1. The van der Waals surface area contributed by atoms with Crippen molar-refractivity contribution < 1.29 is 19.2 Å². The van der Waals surface area contributed by atoms with Crippen LogP contribution >= 0.6 is 0 Å². The lowest BCUT2D eigenvalue weighted by Crippen LogP contribution is -2.54. The van der Waals surface area contributed by atoms with Crippen LogP contribution in [0.15, 0.2) is 30.4 Å². The summed E-state index contributed by atoms with van der Waals surface area (Å²) in [6, 6.07) is 4.78. The molecule has 2 N–H and O–H groups in total. The van der Waals surface area contributed by atoms with Gasteiger partial charge in [-0.25, -0.2) is 0 Å². The van der Waals surface area contributed by atoms with Crippen LogP contribution in [0.1, 0.15) is 46.4 Å². The summed E-state index contributed by atoms with van der Waals surface area (Å²) in [6.07, 6.45) is 6.39. The molecule has 1 aromatic rings. The first-order valence-electron chi connectivity index (χ1n) is 9.83. The van der Waals surface area contributed by atoms with Gasteiger partial charge in [0.05, 0.1) is 11.1 Å². The van der Waals surface area contributed by atoms with Gasteiger partial charge in [0.15, 0.2) is 0 Å². The smallest absolute Gasteiger partial charge is 0.262 e. The van der Waals surface area contributed by atoms with Crippen LogP contribution in [-0.4, -0.2) is 60.7 Å². The summed E-state index contributed by atoms with van der Waals surface area (Å²) in [5.41, 5.74) is 1.44. The molecule has 1 aliphatic carbocycles. The van der Waals surface area contributed by atoms with E-state index in [1.54, 1.807) is 12.1 Å². The molecule has 0 spiro atoms. The predicted molar refractivity (Wildman–Crippen MR) is 107 cm³/mol. The Bertz CT molecular complexity index is 925. The average Bonchev–Trinajstić information content (AvgIpc) is 2.97. The van der Waals surface area contributed by atoms with E-state index in [0.29, 0.717) is 11.1 Å². The predicted octanol–water partition coefficient (Wildman–Crippen LogP) is 0.831. The molecule has 2 heterocycles. The minimum atomic E-state index is -0.946. The first kappa shape index (κ1) is 19.3. The zero-order valence-electron chi connectivity index (χ0n) is 16.5. The lowest BCUT2D eigenvalue weighted by atomic mass is 9.94. The maximum absolute atomic E-state index is 13.0. The molecule has 8 nitrogen and oxygen atoms in total. The number of nitrogens with zero attached hydrogens (tertiary/aromatic N) is 2. The molecule has 3 atom stereocenters. The number of rotatable bonds is 4. The molecule has 3 aliphatic rings. The van der Waals surface area contributed by atoms with Crippen LogP contribution in [0.3, 0.4) is 0 Å². The molecule has 2 aliphatic heterocycles. The Morgan fingerprint density at radius 2 is 1.79 bits per heavy atom. The van der Waals surface area contributed by atoms with E-state index in [4.69, 9.17) is 0 Å². The third-order valence-corrected chi connectivity index (χ3v) is 6.10. The monoisotopic (exact) mass is 396 g/mol. The van der Waals surface area contributed by atoms with Crippen LogP contribution in [0.25, 0.3) is 0 Å². The van der Waals surface area contributed by atoms with Gasteiger partial charge in [-0.15, -0.1) is 0 Å². The number of fused-ring (bicyclic) bond motifs is 1. The van der Waals surface area contributed by atoms with Crippen LogP contribution < -0.4 is 15.5 Å². The Morgan fingerprint density at radius 3 is 2.52 bits per heavy atom. The first-order valence-corrected chi connectivity index (χ1v) is 9.83. The number of imide groups is 2. The maximum atomic E-state index is 13.0. The summed E-state index contributed by atoms with van der Waals surface area (Å²) >= 11 is 0. The number of carbonyl (C=O) groups is 4. The molecule has 0 aromatic heterocycles. The summed E-state index contributed by atoms with van der Waals surface area (Å²) in [4.78, 5) is 52.5. The molecule has 0 radical (unpaired) electrons. The molecular weight excluding hydrogens is 372 g/mol. The number of likely N-dealkylation sites (N-methyl/N-ethyl adjacent to an activating group) is 2. The standard InChI is InChI=1S/C21H24N4O4/c1-22-15-5-3-4-6-16(15)24(2)12-7-8-13-14(11-12)21(29)25(20(13)28)17-9-10-18(26)23-19(17)27/h3-4,7-8,11,15-17,22H,5-6,9-10H2,1-2H3,(H,23,26,27)/t15-,16-,17?/m1/s1. The first-order chi connectivity index (χ1) is 13.9. The molecular formula is C21H24N4O4. The SMILES string of the molecule is CN[C@@H]1CC=CC[C@H]1N(C)c1ccc2c(c1)C(=O)N(C1CCC(=O)NC1=O)C2=O. The topological polar surface area (TPSA) is 98.8 Å². The zero-order chi connectivity index (χ0) is 20.7. The van der Waals surface area contributed by atoms with Crippen LogP contribution in [0.4, 0.5) is 5.69 Å². The largest absolute Gasteiger partial charge is 0.370 e. The highest BCUT2D eigenvalue weighted by Crippen LogP contribution is 2.32. The molecule has 0 saturated carbocycles. The summed E-state index contributed by atoms with van der Waals surface area (Å²) in [6.45, 7) is 0. The van der Waals surface area contributed by atoms with Gasteiger partial charge in [0, 0.05) is 31.2 Å². The Morgan fingerprint density at radius 1 is 1.07 bits per heavy atom. The molecule has 152 valence electrons. The molecule has 0 bridgehead atoms. The fourth-order valence-corrected chi connectivity index (χ4v) is 4.41. The van der Waals surface area contributed by atoms with Crippen molar-refractivity contribution >= 4 is 29.3 Å². The summed E-state index contributed by atoms with van der Waals surface area (Å²) in [7, 11) is 3.92. The Kier molecular flexibility index (Phi) is 4.96. The van der Waals surface area contributed by atoms with E-state index >= 15 is 0 Å². The normalized spacial score (nSPS) is 26.6. The molecule has 1 fully saturated rings. The zero-order valence-corrected chi connectivity index (χ0v) is 16.5. The minimum Gasteiger partial charge on any atom is -0.370 e. The van der Waals surface area contributed by atoms with Crippen LogP contribution in [0.2, 0.25) is 0 Å². The van der Waals surface area contributed by atoms with Crippen molar-refractivity contribution in [1.29, 1.82) is 0 Å². The van der Waals surface area contributed by atoms with Crippen molar-refractivity contribution in [2.24, 2.45) is 0 Å². The average molecular weight is 396 g/mol. The highest BCUT2D eigenvalue weighted by atomic mass is 16.2. The third-order valence-electron chi connectivity index (χ3n) is 6.10. The van der Waals surface area contributed by atoms with E-state index in [1.807, 2.05) is 20.2 Å². The number of nitrogens with one attached hydrogen (secondary N) is 2. The van der Waals surface area contributed by atoms with Crippen molar-refractivity contribution in [2.75, 3.05) is 19.0 Å². The second-order valence-electron chi connectivity index (χ2n) is 7.69. The molecule has 1 aromatic carbocycles. The molecule has 29 heavy (non-hydrogen) atoms. The highest BCUT2D eigenvalue weighted by molar-refractivity contribution is 6.23. The molecule has 1 saturated heterocycles. The van der Waals surface area contributed by atoms with E-state index in [0.717, 1.165) is 23.4 Å². The van der Waals surface area contributed by atoms with Gasteiger partial charge in [-0.3, -0.25) is 29.4 Å². The number of hydrogen-bond acceptors (Lipinski definition) is 6. The van der Waals surface area contributed by atoms with Gasteiger partial charge in [-0.05, 0) is 44.5 Å². The minimum absolute atomic E-state index is 0.110. The van der Waals surface area contributed by atoms with Gasteiger partial charge in [0.2, 0.25) is 11.8 Å². The van der Waals surface area contributed by atoms with Gasteiger partial charge in [0.1, 0.15) is 6.04 Å². The fourth-order valence-electron chi connectivity index (χ4n) is 4.41. The van der Waals surface area contributed by atoms with Crippen molar-refractivity contribution in [3.63, 3.8) is 0 Å². The lowest BCUT2D eigenvalue weighted by molar-refractivity contribution is -0.136. The molecule has 4 amide bonds.